The molecule has 0 fully saturated rings. The summed E-state index contributed by atoms with van der Waals surface area (Å²) in [6.45, 7) is 0. The second-order valence-corrected chi connectivity index (χ2v) is 13.0. The van der Waals surface area contributed by atoms with E-state index < -0.39 is 0 Å². The Morgan fingerprint density at radius 2 is 1.24 bits per heavy atom. The number of benzene rings is 7. The van der Waals surface area contributed by atoms with Crippen molar-refractivity contribution in [1.82, 2.24) is 4.98 Å². The Morgan fingerprint density at radius 3 is 2.08 bits per heavy atom. The molecule has 7 aromatic carbocycles. The van der Waals surface area contributed by atoms with Crippen molar-refractivity contribution < 1.29 is 30.6 Å². The van der Waals surface area contributed by atoms with Gasteiger partial charge in [-0.2, -0.15) is 0 Å². The van der Waals surface area contributed by atoms with Crippen molar-refractivity contribution in [3.63, 3.8) is 0 Å². The number of hydrogen-bond acceptors (Lipinski definition) is 3. The molecule has 0 aliphatic heterocycles. The number of rotatable bonds is 3. The van der Waals surface area contributed by atoms with E-state index in [9.17, 15) is 5.11 Å². The van der Waals surface area contributed by atoms with Crippen LogP contribution in [0.5, 0.6) is 5.75 Å². The monoisotopic (exact) mass is 821 g/mol. The molecule has 10 rings (SSSR count). The normalized spacial score (nSPS) is 11.3. The van der Waals surface area contributed by atoms with Crippen molar-refractivity contribution >= 4 is 80.9 Å². The van der Waals surface area contributed by atoms with Gasteiger partial charge in [-0.15, -0.1) is 18.4 Å². The van der Waals surface area contributed by atoms with Crippen molar-refractivity contribution in [2.45, 2.75) is 0 Å². The largest absolute Gasteiger partial charge is 0.683 e. The Bertz CT molecular complexity index is 2710. The second kappa shape index (κ2) is 12.6. The third-order valence-corrected chi connectivity index (χ3v) is 10.2. The van der Waals surface area contributed by atoms with Crippen molar-refractivity contribution in [2.75, 3.05) is 7.05 Å². The van der Waals surface area contributed by atoms with E-state index in [0.717, 1.165) is 54.4 Å². The molecular formula is C43H29N2O2SW-. The molecule has 10 aromatic rings. The van der Waals surface area contributed by atoms with Gasteiger partial charge in [-0.25, -0.2) is 0 Å². The summed E-state index contributed by atoms with van der Waals surface area (Å²) in [7, 11) is 1.74. The molecule has 0 saturated heterocycles. The number of aromatic nitrogens is 1. The van der Waals surface area contributed by atoms with Gasteiger partial charge in [-0.1, -0.05) is 109 Å². The first-order chi connectivity index (χ1) is 23.7. The zero-order valence-corrected chi connectivity index (χ0v) is 30.2. The van der Waals surface area contributed by atoms with Crippen molar-refractivity contribution in [2.24, 2.45) is 0 Å². The molecule has 2 N–H and O–H groups in total. The van der Waals surface area contributed by atoms with Crippen LogP contribution < -0.4 is 0 Å². The van der Waals surface area contributed by atoms with Gasteiger partial charge in [0.1, 0.15) is 16.9 Å². The number of nitrogens with one attached hydrogen (secondary N) is 1. The van der Waals surface area contributed by atoms with Crippen molar-refractivity contribution in [3.8, 4) is 28.0 Å². The molecule has 49 heavy (non-hydrogen) atoms. The van der Waals surface area contributed by atoms with Crippen LogP contribution >= 0.6 is 11.3 Å². The van der Waals surface area contributed by atoms with Crippen LogP contribution in [0.3, 0.4) is 0 Å². The summed E-state index contributed by atoms with van der Waals surface area (Å²) in [6.07, 6.45) is 0. The maximum Gasteiger partial charge on any atom is 0.137 e. The van der Waals surface area contributed by atoms with Crippen molar-refractivity contribution in [1.29, 1.82) is 0 Å². The Labute approximate surface area is 300 Å². The molecule has 0 amide bonds. The second-order valence-electron chi connectivity index (χ2n) is 11.9. The molecule has 0 aliphatic rings. The molecule has 0 unspecified atom stereocenters. The fraction of sp³-hybridized carbons (Fsp3) is 0.0233. The first kappa shape index (κ1) is 30.9. The predicted octanol–water partition coefficient (Wildman–Crippen LogP) is 12.9. The molecule has 4 nitrogen and oxygen atoms in total. The molecular weight excluding hydrogens is 792 g/mol. The molecule has 3 aromatic heterocycles. The molecule has 0 bridgehead atoms. The third-order valence-electron chi connectivity index (χ3n) is 9.12. The first-order valence-electron chi connectivity index (χ1n) is 15.9. The van der Waals surface area contributed by atoms with Gasteiger partial charge in [0.2, 0.25) is 0 Å². The standard InChI is InChI=1S/C25H18NOS.C18H11NO.W/c1-26-24-23-19-12-5-6-13-21(19)28-22(23)15-20(25(24)27)18-11-7-10-17(14-18)16-8-3-2-4-9-16;1-3-7-15-11(5-1)13-9-14-12-6-2-4-8-17(12)20-18(14)10-16(13)19-15;/h2-15,27H,1H3;1-10,19H;/q-1;;. The number of phenolic OH excluding ortho intramolecular Hbond substituents is 1. The minimum Gasteiger partial charge on any atom is -0.683 e. The molecule has 0 radical (unpaired) electrons. The van der Waals surface area contributed by atoms with E-state index in [1.54, 1.807) is 18.4 Å². The maximum absolute atomic E-state index is 11.1. The molecule has 3 heterocycles. The average molecular weight is 822 g/mol. The van der Waals surface area contributed by atoms with E-state index in [2.05, 4.69) is 101 Å². The first-order valence-corrected chi connectivity index (χ1v) is 16.7. The Balaban J connectivity index is 0.000000146. The summed E-state index contributed by atoms with van der Waals surface area (Å²) in [5.74, 6) is 0.240. The molecule has 0 atom stereocenters. The summed E-state index contributed by atoms with van der Waals surface area (Å²) in [4.78, 5) is 3.45. The van der Waals surface area contributed by atoms with Gasteiger partial charge in [0, 0.05) is 69.2 Å². The van der Waals surface area contributed by atoms with E-state index in [1.807, 2.05) is 54.6 Å². The van der Waals surface area contributed by atoms with Crippen LogP contribution in [0.4, 0.5) is 5.69 Å². The maximum atomic E-state index is 11.1. The fourth-order valence-electron chi connectivity index (χ4n) is 6.86. The predicted molar refractivity (Wildman–Crippen MR) is 204 cm³/mol. The van der Waals surface area contributed by atoms with E-state index in [0.29, 0.717) is 5.69 Å². The summed E-state index contributed by atoms with van der Waals surface area (Å²) in [5.41, 5.74) is 8.92. The van der Waals surface area contributed by atoms with Gasteiger partial charge in [0.05, 0.1) is 5.52 Å². The summed E-state index contributed by atoms with van der Waals surface area (Å²) in [5, 5.41) is 22.6. The van der Waals surface area contributed by atoms with E-state index in [-0.39, 0.29) is 26.8 Å². The van der Waals surface area contributed by atoms with Crippen LogP contribution in [0.15, 0.2) is 150 Å². The summed E-state index contributed by atoms with van der Waals surface area (Å²) >= 11 is 1.74. The minimum atomic E-state index is 0. The number of aromatic hydroxyl groups is 1. The van der Waals surface area contributed by atoms with E-state index in [1.165, 1.54) is 31.8 Å². The smallest absolute Gasteiger partial charge is 0.137 e. The number of hydrogen-bond donors (Lipinski definition) is 2. The average Bonchev–Trinajstić information content (AvgIpc) is 3.82. The topological polar surface area (TPSA) is 63.3 Å². The Morgan fingerprint density at radius 1 is 0.551 bits per heavy atom. The summed E-state index contributed by atoms with van der Waals surface area (Å²) < 4.78 is 8.28. The zero-order chi connectivity index (χ0) is 32.2. The van der Waals surface area contributed by atoms with Crippen LogP contribution in [0.25, 0.3) is 91.5 Å². The van der Waals surface area contributed by atoms with Crippen LogP contribution in [0.2, 0.25) is 0 Å². The van der Waals surface area contributed by atoms with Crippen LogP contribution in [0.1, 0.15) is 0 Å². The van der Waals surface area contributed by atoms with Gasteiger partial charge in [-0.3, -0.25) is 0 Å². The molecule has 6 heteroatoms. The quantitative estimate of drug-likeness (QED) is 0.186. The fourth-order valence-corrected chi connectivity index (χ4v) is 8.01. The number of H-pyrrole nitrogens is 1. The number of fused-ring (bicyclic) bond motifs is 9. The Hall–Kier alpha value is -5.35. The number of para-hydroxylation sites is 2. The van der Waals surface area contributed by atoms with Crippen LogP contribution in [-0.2, 0) is 21.1 Å². The molecule has 0 aliphatic carbocycles. The van der Waals surface area contributed by atoms with Gasteiger partial charge in [0.25, 0.3) is 0 Å². The van der Waals surface area contributed by atoms with Crippen LogP contribution in [-0.4, -0.2) is 17.1 Å². The van der Waals surface area contributed by atoms with Gasteiger partial charge in [0.15, 0.2) is 0 Å². The SMILES string of the molecule is C[N-]c1c(O)c(-c2cccc(-c3ccccc3)c2)cc2sc3ccccc3c12.[W].c1ccc2c(c1)[nH]c1cc3oc4ccccc4c3cc12. The van der Waals surface area contributed by atoms with E-state index >= 15 is 0 Å². The van der Waals surface area contributed by atoms with Gasteiger partial charge < -0.3 is 19.8 Å². The molecule has 0 spiro atoms. The van der Waals surface area contributed by atoms with Gasteiger partial charge in [-0.05, 0) is 63.9 Å². The van der Waals surface area contributed by atoms with Crippen LogP contribution in [0, 0.1) is 0 Å². The van der Waals surface area contributed by atoms with Gasteiger partial charge >= 0.3 is 0 Å². The minimum absolute atomic E-state index is 0. The number of nitrogens with zero attached hydrogens (tertiary/aromatic N) is 1. The van der Waals surface area contributed by atoms with Crippen molar-refractivity contribution in [3.05, 3.63) is 151 Å². The zero-order valence-electron chi connectivity index (χ0n) is 26.5. The third kappa shape index (κ3) is 5.27. The number of thiophene rings is 1. The van der Waals surface area contributed by atoms with E-state index in [4.69, 9.17) is 4.42 Å². The summed E-state index contributed by atoms with van der Waals surface area (Å²) in [6, 6.07) is 49.9. The number of furan rings is 1. The molecule has 236 valence electrons. The Kier molecular flexibility index (Phi) is 7.95. The number of aromatic amines is 1. The number of phenols is 1. The molecule has 0 saturated carbocycles.